The molecule has 0 heterocycles. The summed E-state index contributed by atoms with van der Waals surface area (Å²) >= 11 is 0. The molecule has 0 unspecified atom stereocenters. The van der Waals surface area contributed by atoms with Crippen LogP contribution in [0.1, 0.15) is 114 Å². The molecule has 0 bridgehead atoms. The van der Waals surface area contributed by atoms with E-state index in [0.717, 1.165) is 19.3 Å². The highest BCUT2D eigenvalue weighted by molar-refractivity contribution is 7.93. The van der Waals surface area contributed by atoms with Crippen molar-refractivity contribution < 1.29 is 23.1 Å². The molecule has 5 N–H and O–H groups in total. The minimum Gasteiger partial charge on any atom is -0.507 e. The Labute approximate surface area is 257 Å². The van der Waals surface area contributed by atoms with Crippen molar-refractivity contribution in [2.24, 2.45) is 5.73 Å². The zero-order valence-corrected chi connectivity index (χ0v) is 27.0. The molecule has 43 heavy (non-hydrogen) atoms. The van der Waals surface area contributed by atoms with Crippen LogP contribution in [0, 0.1) is 6.92 Å². The molecule has 8 nitrogen and oxygen atoms in total. The normalized spacial score (nSPS) is 11.1. The van der Waals surface area contributed by atoms with E-state index in [0.29, 0.717) is 28.4 Å². The van der Waals surface area contributed by atoms with Crippen molar-refractivity contribution in [3.63, 3.8) is 0 Å². The van der Waals surface area contributed by atoms with Gasteiger partial charge in [0.2, 0.25) is 5.91 Å². The lowest BCUT2D eigenvalue weighted by molar-refractivity contribution is -0.116. The fourth-order valence-electron chi connectivity index (χ4n) is 4.86. The number of hydrogen-bond donors (Lipinski definition) is 4. The van der Waals surface area contributed by atoms with E-state index >= 15 is 0 Å². The maximum Gasteiger partial charge on any atom is 0.262 e. The average Bonchev–Trinajstić information content (AvgIpc) is 2.95. The number of nitrogens with two attached hydrogens (primary N) is 1. The zero-order chi connectivity index (χ0) is 31.8. The van der Waals surface area contributed by atoms with Crippen LogP contribution >= 0.6 is 0 Å². The van der Waals surface area contributed by atoms with E-state index in [1.807, 2.05) is 0 Å². The highest BCUT2D eigenvalue weighted by Crippen LogP contribution is 2.33. The summed E-state index contributed by atoms with van der Waals surface area (Å²) in [6.45, 7) is 8.01. The standard InChI is InChI=1S/C31H41N3O5S.C3H8/c1-3-4-5-6-7-8-9-10-11-12-19-28(35)33-26-17-13-15-23-16-14-18-27(29(23)26)40(38,39)34-24-20-22(2)30(36)25(21-24)31(32)37;1-3-2/h13-18,20-21,34,36H,3-12,19H2,1-2H3,(H2,32,37)(H,33,35);3H2,1-2H3. The molecule has 0 spiro atoms. The van der Waals surface area contributed by atoms with Gasteiger partial charge < -0.3 is 16.2 Å². The van der Waals surface area contributed by atoms with Gasteiger partial charge >= 0.3 is 0 Å². The molecule has 0 saturated heterocycles. The van der Waals surface area contributed by atoms with Crippen molar-refractivity contribution in [2.75, 3.05) is 10.0 Å². The first-order valence-electron chi connectivity index (χ1n) is 15.5. The van der Waals surface area contributed by atoms with Gasteiger partial charge in [-0.2, -0.15) is 0 Å². The van der Waals surface area contributed by atoms with Gasteiger partial charge in [0, 0.05) is 17.5 Å². The number of anilines is 2. The molecule has 0 atom stereocenters. The largest absolute Gasteiger partial charge is 0.507 e. The molecular formula is C34H49N3O5S. The molecule has 0 fully saturated rings. The van der Waals surface area contributed by atoms with Crippen LogP contribution in [0.15, 0.2) is 53.4 Å². The molecule has 2 amide bonds. The van der Waals surface area contributed by atoms with Crippen LogP contribution in [0.5, 0.6) is 5.75 Å². The lowest BCUT2D eigenvalue weighted by Gasteiger charge is -2.15. The number of aryl methyl sites for hydroxylation is 1. The number of aromatic hydroxyl groups is 1. The number of rotatable bonds is 16. The highest BCUT2D eigenvalue weighted by atomic mass is 32.2. The summed E-state index contributed by atoms with van der Waals surface area (Å²) in [5.41, 5.74) is 5.95. The SMILES string of the molecule is CCC.CCCCCCCCCCCCC(=O)Nc1cccc2cccc(S(=O)(=O)Nc3cc(C)c(O)c(C(N)=O)c3)c12. The summed E-state index contributed by atoms with van der Waals surface area (Å²) in [5.74, 6) is -1.33. The van der Waals surface area contributed by atoms with Crippen LogP contribution < -0.4 is 15.8 Å². The van der Waals surface area contributed by atoms with Crippen molar-refractivity contribution in [1.82, 2.24) is 0 Å². The molecule has 0 aliphatic rings. The van der Waals surface area contributed by atoms with Crippen LogP contribution in [-0.2, 0) is 14.8 Å². The number of sulfonamides is 1. The summed E-state index contributed by atoms with van der Waals surface area (Å²) in [6.07, 6.45) is 13.4. The first-order valence-corrected chi connectivity index (χ1v) is 17.0. The van der Waals surface area contributed by atoms with Gasteiger partial charge in [0.05, 0.1) is 16.1 Å². The molecule has 0 radical (unpaired) electrons. The topological polar surface area (TPSA) is 139 Å². The van der Waals surface area contributed by atoms with E-state index in [1.165, 1.54) is 69.6 Å². The van der Waals surface area contributed by atoms with Crippen molar-refractivity contribution in [3.8, 4) is 5.75 Å². The first-order chi connectivity index (χ1) is 20.5. The Bertz CT molecular complexity index is 1450. The number of carbonyl (C=O) groups excluding carboxylic acids is 2. The number of carbonyl (C=O) groups is 2. The zero-order valence-electron chi connectivity index (χ0n) is 26.2. The van der Waals surface area contributed by atoms with Crippen molar-refractivity contribution >= 4 is 44.0 Å². The fourth-order valence-corrected chi connectivity index (χ4v) is 6.15. The molecular weight excluding hydrogens is 562 g/mol. The number of hydrogen-bond acceptors (Lipinski definition) is 5. The Morgan fingerprint density at radius 2 is 1.40 bits per heavy atom. The second kappa shape index (κ2) is 18.2. The molecule has 3 aromatic carbocycles. The van der Waals surface area contributed by atoms with E-state index in [-0.39, 0.29) is 27.8 Å². The maximum absolute atomic E-state index is 13.5. The van der Waals surface area contributed by atoms with E-state index in [9.17, 15) is 23.1 Å². The van der Waals surface area contributed by atoms with Gasteiger partial charge in [-0.15, -0.1) is 0 Å². The van der Waals surface area contributed by atoms with E-state index in [2.05, 4.69) is 30.8 Å². The highest BCUT2D eigenvalue weighted by Gasteiger charge is 2.22. The first kappa shape index (κ1) is 35.6. The van der Waals surface area contributed by atoms with Crippen molar-refractivity contribution in [2.45, 2.75) is 110 Å². The van der Waals surface area contributed by atoms with Gasteiger partial charge in [0.15, 0.2) is 0 Å². The van der Waals surface area contributed by atoms with Crippen LogP contribution in [-0.4, -0.2) is 25.3 Å². The number of fused-ring (bicyclic) bond motifs is 1. The maximum atomic E-state index is 13.5. The third-order valence-electron chi connectivity index (χ3n) is 7.01. The molecule has 3 rings (SSSR count). The van der Waals surface area contributed by atoms with Gasteiger partial charge in [-0.3, -0.25) is 14.3 Å². The average molecular weight is 612 g/mol. The molecule has 9 heteroatoms. The Kier molecular flexibility index (Phi) is 15.0. The summed E-state index contributed by atoms with van der Waals surface area (Å²) in [7, 11) is -4.14. The third kappa shape index (κ3) is 11.2. The minimum atomic E-state index is -4.14. The van der Waals surface area contributed by atoms with Crippen molar-refractivity contribution in [3.05, 3.63) is 59.7 Å². The number of nitrogens with one attached hydrogen (secondary N) is 2. The Morgan fingerprint density at radius 1 is 0.837 bits per heavy atom. The van der Waals surface area contributed by atoms with Gasteiger partial charge in [-0.05, 0) is 48.6 Å². The van der Waals surface area contributed by atoms with E-state index in [1.54, 1.807) is 37.3 Å². The van der Waals surface area contributed by atoms with E-state index in [4.69, 9.17) is 5.73 Å². The molecule has 236 valence electrons. The number of primary amides is 1. The fraction of sp³-hybridized carbons (Fsp3) is 0.471. The molecule has 0 aromatic heterocycles. The van der Waals surface area contributed by atoms with Crippen LogP contribution in [0.2, 0.25) is 0 Å². The van der Waals surface area contributed by atoms with Gasteiger partial charge in [0.25, 0.3) is 15.9 Å². The number of benzene rings is 3. The lowest BCUT2D eigenvalue weighted by atomic mass is 10.1. The van der Waals surface area contributed by atoms with Gasteiger partial charge in [-0.1, -0.05) is 109 Å². The van der Waals surface area contributed by atoms with Crippen molar-refractivity contribution in [1.29, 1.82) is 0 Å². The number of phenols is 1. The predicted molar refractivity (Wildman–Crippen MR) is 177 cm³/mol. The monoisotopic (exact) mass is 611 g/mol. The van der Waals surface area contributed by atoms with Crippen LogP contribution in [0.25, 0.3) is 10.8 Å². The van der Waals surface area contributed by atoms with E-state index < -0.39 is 15.9 Å². The Hall–Kier alpha value is -3.59. The van der Waals surface area contributed by atoms with Gasteiger partial charge in [0.1, 0.15) is 5.75 Å². The number of amides is 2. The minimum absolute atomic E-state index is 0.0220. The second-order valence-corrected chi connectivity index (χ2v) is 12.7. The van der Waals surface area contributed by atoms with Gasteiger partial charge in [-0.25, -0.2) is 8.42 Å². The quantitative estimate of drug-likeness (QED) is 0.0951. The second-order valence-electron chi connectivity index (χ2n) is 11.0. The Balaban J connectivity index is 0.00000206. The number of unbranched alkanes of at least 4 members (excludes halogenated alkanes) is 9. The molecule has 0 aliphatic heterocycles. The van der Waals surface area contributed by atoms with Crippen LogP contribution in [0.4, 0.5) is 11.4 Å². The summed E-state index contributed by atoms with van der Waals surface area (Å²) in [5, 5.41) is 14.1. The predicted octanol–water partition coefficient (Wildman–Crippen LogP) is 8.42. The Morgan fingerprint density at radius 3 is 1.98 bits per heavy atom. The third-order valence-corrected chi connectivity index (χ3v) is 8.43. The molecule has 3 aromatic rings. The summed E-state index contributed by atoms with van der Waals surface area (Å²) in [4.78, 5) is 24.5. The summed E-state index contributed by atoms with van der Waals surface area (Å²) in [6, 6.07) is 12.7. The smallest absolute Gasteiger partial charge is 0.262 e. The summed E-state index contributed by atoms with van der Waals surface area (Å²) < 4.78 is 29.5. The lowest BCUT2D eigenvalue weighted by Crippen LogP contribution is -2.17. The molecule has 0 aliphatic carbocycles. The van der Waals surface area contributed by atoms with Crippen LogP contribution in [0.3, 0.4) is 0 Å². The molecule has 0 saturated carbocycles.